The number of nitrogens with zero attached hydrogens (tertiary/aromatic N) is 1. The van der Waals surface area contributed by atoms with Gasteiger partial charge in [0.25, 0.3) is 5.91 Å². The highest BCUT2D eigenvalue weighted by Gasteiger charge is 2.21. The maximum Gasteiger partial charge on any atom is 0.335 e. The van der Waals surface area contributed by atoms with Crippen LogP contribution < -0.4 is 10.2 Å². The summed E-state index contributed by atoms with van der Waals surface area (Å²) in [7, 11) is 0. The molecule has 3 rings (SSSR count). The molecule has 1 saturated heterocycles. The predicted octanol–water partition coefficient (Wildman–Crippen LogP) is 4.01. The Hall–Kier alpha value is -2.89. The van der Waals surface area contributed by atoms with E-state index in [1.54, 1.807) is 12.1 Å². The van der Waals surface area contributed by atoms with Crippen LogP contribution in [0.15, 0.2) is 42.5 Å². The summed E-state index contributed by atoms with van der Waals surface area (Å²) >= 11 is 0. The number of amides is 1. The van der Waals surface area contributed by atoms with Gasteiger partial charge in [-0.2, -0.15) is 0 Å². The molecule has 0 spiro atoms. The summed E-state index contributed by atoms with van der Waals surface area (Å²) in [5, 5.41) is 12.1. The molecule has 136 valence electrons. The summed E-state index contributed by atoms with van der Waals surface area (Å²) in [6.45, 7) is 3.89. The van der Waals surface area contributed by atoms with Gasteiger partial charge in [-0.3, -0.25) is 4.79 Å². The molecule has 0 aliphatic carbocycles. The number of halogens is 1. The number of aromatic carboxylic acids is 1. The zero-order valence-corrected chi connectivity index (χ0v) is 14.5. The zero-order chi connectivity index (χ0) is 18.7. The van der Waals surface area contributed by atoms with Crippen LogP contribution in [0.1, 0.15) is 40.5 Å². The molecule has 0 radical (unpaired) electrons. The summed E-state index contributed by atoms with van der Waals surface area (Å²) < 4.78 is 13.1. The van der Waals surface area contributed by atoms with Gasteiger partial charge in [0, 0.05) is 18.7 Å². The van der Waals surface area contributed by atoms with Crippen LogP contribution in [0.5, 0.6) is 0 Å². The van der Waals surface area contributed by atoms with Gasteiger partial charge in [-0.1, -0.05) is 6.92 Å². The summed E-state index contributed by atoms with van der Waals surface area (Å²) in [5.41, 5.74) is 1.67. The Labute approximate surface area is 151 Å². The number of carboxylic acids is 1. The third-order valence-electron chi connectivity index (χ3n) is 4.60. The number of benzene rings is 2. The van der Waals surface area contributed by atoms with Crippen molar-refractivity contribution in [3.05, 3.63) is 59.4 Å². The van der Waals surface area contributed by atoms with Crippen molar-refractivity contribution in [2.75, 3.05) is 23.3 Å². The molecule has 0 saturated carbocycles. The summed E-state index contributed by atoms with van der Waals surface area (Å²) in [6, 6.07) is 9.99. The maximum absolute atomic E-state index is 13.1. The highest BCUT2D eigenvalue weighted by molar-refractivity contribution is 6.06. The molecule has 1 amide bonds. The van der Waals surface area contributed by atoms with Crippen molar-refractivity contribution in [3.63, 3.8) is 0 Å². The molecule has 1 heterocycles. The number of carbonyl (C=O) groups is 2. The highest BCUT2D eigenvalue weighted by Crippen LogP contribution is 2.31. The Morgan fingerprint density at radius 3 is 2.50 bits per heavy atom. The molecule has 1 aliphatic rings. The fraction of sp³-hybridized carbons (Fsp3) is 0.300. The molecule has 0 aromatic heterocycles. The Kier molecular flexibility index (Phi) is 5.21. The molecule has 1 aliphatic heterocycles. The largest absolute Gasteiger partial charge is 0.478 e. The highest BCUT2D eigenvalue weighted by atomic mass is 19.1. The summed E-state index contributed by atoms with van der Waals surface area (Å²) in [5.74, 6) is -1.35. The van der Waals surface area contributed by atoms with E-state index in [2.05, 4.69) is 17.1 Å². The van der Waals surface area contributed by atoms with E-state index >= 15 is 0 Å². The minimum atomic E-state index is -1.05. The lowest BCUT2D eigenvalue weighted by atomic mass is 9.99. The van der Waals surface area contributed by atoms with Gasteiger partial charge < -0.3 is 15.3 Å². The lowest BCUT2D eigenvalue weighted by Gasteiger charge is -2.34. The molecule has 2 N–H and O–H groups in total. The van der Waals surface area contributed by atoms with Crippen LogP contribution in [0, 0.1) is 11.7 Å². The number of hydrogen-bond acceptors (Lipinski definition) is 3. The average Bonchev–Trinajstić information content (AvgIpc) is 2.62. The van der Waals surface area contributed by atoms with Gasteiger partial charge in [0.1, 0.15) is 5.82 Å². The summed E-state index contributed by atoms with van der Waals surface area (Å²) in [4.78, 5) is 26.0. The van der Waals surface area contributed by atoms with E-state index in [0.29, 0.717) is 17.2 Å². The third kappa shape index (κ3) is 4.02. The second-order valence-electron chi connectivity index (χ2n) is 6.69. The van der Waals surface area contributed by atoms with E-state index in [4.69, 9.17) is 0 Å². The van der Waals surface area contributed by atoms with E-state index in [1.165, 1.54) is 30.3 Å². The smallest absolute Gasteiger partial charge is 0.335 e. The molecule has 5 nitrogen and oxygen atoms in total. The minimum absolute atomic E-state index is 0.105. The van der Waals surface area contributed by atoms with Crippen LogP contribution in [0.25, 0.3) is 0 Å². The lowest BCUT2D eigenvalue weighted by molar-refractivity contribution is 0.0696. The fourth-order valence-corrected chi connectivity index (χ4v) is 3.25. The van der Waals surface area contributed by atoms with E-state index in [-0.39, 0.29) is 5.56 Å². The average molecular weight is 356 g/mol. The standard InChI is InChI=1S/C20H21FN2O3/c1-13-3-2-10-23(12-13)18-9-6-15(20(25)26)11-17(18)22-19(24)14-4-7-16(21)8-5-14/h4-9,11,13H,2-3,10,12H2,1H3,(H,22,24)(H,25,26)/t13-/m1/s1. The van der Waals surface area contributed by atoms with E-state index in [9.17, 15) is 19.1 Å². The molecule has 0 unspecified atom stereocenters. The van der Waals surface area contributed by atoms with Crippen LogP contribution in [-0.4, -0.2) is 30.1 Å². The normalized spacial score (nSPS) is 17.0. The third-order valence-corrected chi connectivity index (χ3v) is 4.60. The van der Waals surface area contributed by atoms with Crippen LogP contribution in [0.2, 0.25) is 0 Å². The van der Waals surface area contributed by atoms with Gasteiger partial charge >= 0.3 is 5.97 Å². The van der Waals surface area contributed by atoms with E-state index in [0.717, 1.165) is 31.6 Å². The first kappa shape index (κ1) is 17.9. The first-order chi connectivity index (χ1) is 12.4. The van der Waals surface area contributed by atoms with Crippen molar-refractivity contribution >= 4 is 23.3 Å². The van der Waals surface area contributed by atoms with Gasteiger partial charge in [0.15, 0.2) is 0 Å². The van der Waals surface area contributed by atoms with Crippen LogP contribution >= 0.6 is 0 Å². The molecular formula is C20H21FN2O3. The van der Waals surface area contributed by atoms with E-state index in [1.807, 2.05) is 0 Å². The second-order valence-corrected chi connectivity index (χ2v) is 6.69. The number of anilines is 2. The molecule has 2 aromatic carbocycles. The van der Waals surface area contributed by atoms with Crippen molar-refractivity contribution in [2.24, 2.45) is 5.92 Å². The van der Waals surface area contributed by atoms with Gasteiger partial charge in [-0.05, 0) is 61.2 Å². The predicted molar refractivity (Wildman–Crippen MR) is 98.4 cm³/mol. The van der Waals surface area contributed by atoms with Crippen LogP contribution in [0.3, 0.4) is 0 Å². The Morgan fingerprint density at radius 1 is 1.15 bits per heavy atom. The van der Waals surface area contributed by atoms with Crippen LogP contribution in [-0.2, 0) is 0 Å². The first-order valence-electron chi connectivity index (χ1n) is 8.63. The summed E-state index contributed by atoms with van der Waals surface area (Å²) in [6.07, 6.45) is 2.20. The SMILES string of the molecule is C[C@@H]1CCCN(c2ccc(C(=O)O)cc2NC(=O)c2ccc(F)cc2)C1. The van der Waals surface area contributed by atoms with Crippen molar-refractivity contribution in [1.82, 2.24) is 0 Å². The first-order valence-corrected chi connectivity index (χ1v) is 8.63. The number of carbonyl (C=O) groups excluding carboxylic acids is 1. The van der Waals surface area contributed by atoms with Crippen molar-refractivity contribution in [2.45, 2.75) is 19.8 Å². The molecule has 1 atom stereocenters. The number of hydrogen-bond donors (Lipinski definition) is 2. The minimum Gasteiger partial charge on any atom is -0.478 e. The fourth-order valence-electron chi connectivity index (χ4n) is 3.25. The second kappa shape index (κ2) is 7.56. The molecule has 0 bridgehead atoms. The topological polar surface area (TPSA) is 69.6 Å². The molecule has 2 aromatic rings. The van der Waals surface area contributed by atoms with Gasteiger partial charge in [-0.15, -0.1) is 0 Å². The Balaban J connectivity index is 1.91. The zero-order valence-electron chi connectivity index (χ0n) is 14.5. The van der Waals surface area contributed by atoms with Gasteiger partial charge in [0.05, 0.1) is 16.9 Å². The molecule has 6 heteroatoms. The lowest BCUT2D eigenvalue weighted by Crippen LogP contribution is -2.35. The van der Waals surface area contributed by atoms with Crippen LogP contribution in [0.4, 0.5) is 15.8 Å². The van der Waals surface area contributed by atoms with Gasteiger partial charge in [0.2, 0.25) is 0 Å². The molecule has 1 fully saturated rings. The van der Waals surface area contributed by atoms with Crippen molar-refractivity contribution in [3.8, 4) is 0 Å². The van der Waals surface area contributed by atoms with E-state index < -0.39 is 17.7 Å². The van der Waals surface area contributed by atoms with Crippen molar-refractivity contribution in [1.29, 1.82) is 0 Å². The molecular weight excluding hydrogens is 335 g/mol. The number of rotatable bonds is 4. The molecule has 26 heavy (non-hydrogen) atoms. The van der Waals surface area contributed by atoms with Gasteiger partial charge in [-0.25, -0.2) is 9.18 Å². The quantitative estimate of drug-likeness (QED) is 0.868. The monoisotopic (exact) mass is 356 g/mol. The number of carboxylic acid groups (broad SMARTS) is 1. The number of piperidine rings is 1. The Bertz CT molecular complexity index is 820. The number of nitrogens with one attached hydrogen (secondary N) is 1. The van der Waals surface area contributed by atoms with Crippen molar-refractivity contribution < 1.29 is 19.1 Å². The Morgan fingerprint density at radius 2 is 1.85 bits per heavy atom. The maximum atomic E-state index is 13.1.